The second-order valence-corrected chi connectivity index (χ2v) is 7.96. The van der Waals surface area contributed by atoms with Gasteiger partial charge >= 0.3 is 0 Å². The van der Waals surface area contributed by atoms with Gasteiger partial charge in [-0.25, -0.2) is 4.39 Å². The van der Waals surface area contributed by atoms with Crippen LogP contribution in [-0.2, 0) is 23.1 Å². The van der Waals surface area contributed by atoms with Crippen molar-refractivity contribution in [1.82, 2.24) is 14.7 Å². The predicted molar refractivity (Wildman–Crippen MR) is 101 cm³/mol. The first kappa shape index (κ1) is 19.1. The zero-order chi connectivity index (χ0) is 19.7. The van der Waals surface area contributed by atoms with E-state index in [4.69, 9.17) is 9.47 Å². The van der Waals surface area contributed by atoms with E-state index in [0.29, 0.717) is 44.4 Å². The predicted octanol–water partition coefficient (Wildman–Crippen LogP) is 2.71. The highest BCUT2D eigenvalue weighted by Crippen LogP contribution is 2.39. The summed E-state index contributed by atoms with van der Waals surface area (Å²) in [5, 5.41) is 4.15. The fraction of sp³-hybridized carbons (Fsp3) is 0.524. The van der Waals surface area contributed by atoms with Gasteiger partial charge in [-0.2, -0.15) is 5.10 Å². The molecule has 2 aromatic rings. The Morgan fingerprint density at radius 1 is 1.43 bits per heavy atom. The van der Waals surface area contributed by atoms with E-state index in [1.165, 1.54) is 12.1 Å². The molecule has 2 fully saturated rings. The lowest BCUT2D eigenvalue weighted by molar-refractivity contribution is -0.0950. The van der Waals surface area contributed by atoms with Gasteiger partial charge in [0.05, 0.1) is 38.1 Å². The average Bonchev–Trinajstić information content (AvgIpc) is 3.22. The Labute approximate surface area is 164 Å². The third kappa shape index (κ3) is 3.82. The molecule has 1 unspecified atom stereocenters. The molecular weight excluding hydrogens is 361 g/mol. The van der Waals surface area contributed by atoms with Crippen molar-refractivity contribution in [3.05, 3.63) is 53.1 Å². The molecule has 1 atom stereocenters. The lowest BCUT2D eigenvalue weighted by atomic mass is 9.85. The smallest absolute Gasteiger partial charge is 0.257 e. The number of rotatable bonds is 6. The maximum absolute atomic E-state index is 13.2. The largest absolute Gasteiger partial charge is 0.377 e. The molecule has 6 nitrogen and oxygen atoms in total. The highest BCUT2D eigenvalue weighted by atomic mass is 19.1. The minimum absolute atomic E-state index is 0.0294. The molecule has 1 amide bonds. The number of aromatic nitrogens is 2. The minimum Gasteiger partial charge on any atom is -0.377 e. The fourth-order valence-electron chi connectivity index (χ4n) is 4.08. The second-order valence-electron chi connectivity index (χ2n) is 7.96. The van der Waals surface area contributed by atoms with Crippen molar-refractivity contribution < 1.29 is 18.7 Å². The third-order valence-corrected chi connectivity index (χ3v) is 5.82. The molecule has 2 aliphatic rings. The Bertz CT molecular complexity index is 860. The van der Waals surface area contributed by atoms with E-state index in [9.17, 15) is 9.18 Å². The maximum atomic E-state index is 13.2. The van der Waals surface area contributed by atoms with Crippen LogP contribution in [0.15, 0.2) is 30.5 Å². The fourth-order valence-corrected chi connectivity index (χ4v) is 4.08. The second kappa shape index (κ2) is 7.64. The Morgan fingerprint density at radius 3 is 2.96 bits per heavy atom. The number of ether oxygens (including phenoxy) is 2. The lowest BCUT2D eigenvalue weighted by Crippen LogP contribution is -2.63. The molecule has 3 heterocycles. The van der Waals surface area contributed by atoms with Crippen LogP contribution in [0.5, 0.6) is 0 Å². The SMILES string of the molecule is Cc1c(C(=O)N2CC3(CC(CCOCc4cccc(F)c4)CO3)C2)cnn1C. The number of halogens is 1. The first-order valence-electron chi connectivity index (χ1n) is 9.70. The van der Waals surface area contributed by atoms with Gasteiger partial charge in [0.15, 0.2) is 0 Å². The zero-order valence-electron chi connectivity index (χ0n) is 16.4. The average molecular weight is 387 g/mol. The Balaban J connectivity index is 1.20. The molecule has 0 N–H and O–H groups in total. The summed E-state index contributed by atoms with van der Waals surface area (Å²) < 4.78 is 26.6. The summed E-state index contributed by atoms with van der Waals surface area (Å²) in [5.74, 6) is 0.226. The van der Waals surface area contributed by atoms with Gasteiger partial charge < -0.3 is 14.4 Å². The van der Waals surface area contributed by atoms with E-state index in [2.05, 4.69) is 5.10 Å². The molecule has 1 spiro atoms. The van der Waals surface area contributed by atoms with Gasteiger partial charge in [-0.3, -0.25) is 9.48 Å². The van der Waals surface area contributed by atoms with E-state index in [1.807, 2.05) is 24.9 Å². The van der Waals surface area contributed by atoms with Crippen LogP contribution in [0.4, 0.5) is 4.39 Å². The minimum atomic E-state index is -0.238. The van der Waals surface area contributed by atoms with E-state index >= 15 is 0 Å². The summed E-state index contributed by atoms with van der Waals surface area (Å²) in [4.78, 5) is 14.5. The third-order valence-electron chi connectivity index (χ3n) is 5.82. The van der Waals surface area contributed by atoms with Crippen LogP contribution in [0.1, 0.15) is 34.5 Å². The summed E-state index contributed by atoms with van der Waals surface area (Å²) in [6.07, 6.45) is 3.50. The van der Waals surface area contributed by atoms with Crippen molar-refractivity contribution in [2.75, 3.05) is 26.3 Å². The number of benzene rings is 1. The number of carbonyl (C=O) groups is 1. The molecule has 1 aromatic carbocycles. The van der Waals surface area contributed by atoms with Crippen molar-refractivity contribution in [2.45, 2.75) is 32.0 Å². The molecule has 0 radical (unpaired) electrons. The number of hydrogen-bond donors (Lipinski definition) is 0. The van der Waals surface area contributed by atoms with Gasteiger partial charge in [0.1, 0.15) is 11.4 Å². The van der Waals surface area contributed by atoms with Crippen LogP contribution in [0.25, 0.3) is 0 Å². The van der Waals surface area contributed by atoms with Crippen molar-refractivity contribution in [3.8, 4) is 0 Å². The molecule has 0 bridgehead atoms. The lowest BCUT2D eigenvalue weighted by Gasteiger charge is -2.47. The first-order valence-corrected chi connectivity index (χ1v) is 9.70. The first-order chi connectivity index (χ1) is 13.5. The van der Waals surface area contributed by atoms with Gasteiger partial charge in [0.25, 0.3) is 5.91 Å². The van der Waals surface area contributed by atoms with E-state index in [0.717, 1.165) is 24.1 Å². The number of nitrogens with zero attached hydrogens (tertiary/aromatic N) is 3. The van der Waals surface area contributed by atoms with Gasteiger partial charge in [-0.15, -0.1) is 0 Å². The van der Waals surface area contributed by atoms with E-state index < -0.39 is 0 Å². The van der Waals surface area contributed by atoms with Crippen LogP contribution in [0.2, 0.25) is 0 Å². The van der Waals surface area contributed by atoms with Crippen LogP contribution in [0, 0.1) is 18.7 Å². The van der Waals surface area contributed by atoms with Crippen LogP contribution in [0.3, 0.4) is 0 Å². The van der Waals surface area contributed by atoms with Crippen molar-refractivity contribution in [1.29, 1.82) is 0 Å². The maximum Gasteiger partial charge on any atom is 0.257 e. The normalized spacial score (nSPS) is 20.5. The molecule has 7 heteroatoms. The Kier molecular flexibility index (Phi) is 5.21. The number of likely N-dealkylation sites (tertiary alicyclic amines) is 1. The summed E-state index contributed by atoms with van der Waals surface area (Å²) in [6.45, 7) is 4.93. The highest BCUT2D eigenvalue weighted by molar-refractivity contribution is 5.95. The summed E-state index contributed by atoms with van der Waals surface area (Å²) >= 11 is 0. The van der Waals surface area contributed by atoms with Gasteiger partial charge in [-0.05, 0) is 43.4 Å². The summed E-state index contributed by atoms with van der Waals surface area (Å²) in [6, 6.07) is 6.48. The molecule has 1 aromatic heterocycles. The number of aryl methyl sites for hydroxylation is 1. The highest BCUT2D eigenvalue weighted by Gasteiger charge is 2.51. The topological polar surface area (TPSA) is 56.6 Å². The van der Waals surface area contributed by atoms with Gasteiger partial charge in [0.2, 0.25) is 0 Å². The van der Waals surface area contributed by atoms with E-state index in [1.54, 1.807) is 16.9 Å². The molecule has 0 saturated carbocycles. The molecular formula is C21H26FN3O3. The number of amides is 1. The Hall–Kier alpha value is -2.25. The van der Waals surface area contributed by atoms with Crippen LogP contribution < -0.4 is 0 Å². The van der Waals surface area contributed by atoms with Gasteiger partial charge in [-0.1, -0.05) is 12.1 Å². The van der Waals surface area contributed by atoms with Crippen LogP contribution >= 0.6 is 0 Å². The summed E-state index contributed by atoms with van der Waals surface area (Å²) in [7, 11) is 1.84. The van der Waals surface area contributed by atoms with Crippen molar-refractivity contribution in [3.63, 3.8) is 0 Å². The molecule has 2 saturated heterocycles. The number of hydrogen-bond acceptors (Lipinski definition) is 4. The molecule has 28 heavy (non-hydrogen) atoms. The molecule has 0 aliphatic carbocycles. The Morgan fingerprint density at radius 2 is 2.25 bits per heavy atom. The molecule has 4 rings (SSSR count). The van der Waals surface area contributed by atoms with E-state index in [-0.39, 0.29) is 17.3 Å². The van der Waals surface area contributed by atoms with Gasteiger partial charge in [0, 0.05) is 19.3 Å². The monoisotopic (exact) mass is 387 g/mol. The zero-order valence-corrected chi connectivity index (χ0v) is 16.4. The molecule has 150 valence electrons. The standard InChI is InChI=1S/C21H26FN3O3/c1-15-19(10-23-24(15)2)20(26)25-13-21(14-25)9-17(12-28-21)6-7-27-11-16-4-3-5-18(22)8-16/h3-5,8,10,17H,6-7,9,11-14H2,1-2H3. The van der Waals surface area contributed by atoms with Crippen LogP contribution in [-0.4, -0.2) is 52.5 Å². The molecule has 2 aliphatic heterocycles. The van der Waals surface area contributed by atoms with Crippen molar-refractivity contribution >= 4 is 5.91 Å². The van der Waals surface area contributed by atoms with Crippen molar-refractivity contribution in [2.24, 2.45) is 13.0 Å². The quantitative estimate of drug-likeness (QED) is 0.715. The number of carbonyl (C=O) groups excluding carboxylic acids is 1. The summed E-state index contributed by atoms with van der Waals surface area (Å²) in [5.41, 5.74) is 2.20.